The number of nitrogens with one attached hydrogen (secondary N) is 2. The molecule has 1 unspecified atom stereocenters. The lowest BCUT2D eigenvalue weighted by atomic mass is 9.73. The molecule has 2 aliphatic carbocycles. The van der Waals surface area contributed by atoms with E-state index in [0.717, 1.165) is 43.2 Å². The van der Waals surface area contributed by atoms with Gasteiger partial charge in [-0.15, -0.1) is 0 Å². The van der Waals surface area contributed by atoms with Crippen LogP contribution < -0.4 is 15.4 Å². The average Bonchev–Trinajstić information content (AvgIpc) is 3.38. The van der Waals surface area contributed by atoms with Crippen LogP contribution in [0.4, 0.5) is 4.79 Å². The van der Waals surface area contributed by atoms with Gasteiger partial charge in [0, 0.05) is 31.1 Å². The highest BCUT2D eigenvalue weighted by molar-refractivity contribution is 5.74. The minimum atomic E-state index is -0.0737. The van der Waals surface area contributed by atoms with E-state index in [0.29, 0.717) is 6.54 Å². The van der Waals surface area contributed by atoms with E-state index < -0.39 is 0 Å². The molecule has 1 atom stereocenters. The quantitative estimate of drug-likeness (QED) is 0.873. The van der Waals surface area contributed by atoms with Crippen molar-refractivity contribution in [1.82, 2.24) is 15.5 Å². The molecule has 1 spiro atoms. The molecule has 1 aliphatic heterocycles. The zero-order valence-electron chi connectivity index (χ0n) is 14.4. The lowest BCUT2D eigenvalue weighted by Gasteiger charge is -2.48. The van der Waals surface area contributed by atoms with Gasteiger partial charge in [-0.25, -0.2) is 4.79 Å². The Labute approximate surface area is 143 Å². The molecule has 2 N–H and O–H groups in total. The number of hydrogen-bond acceptors (Lipinski definition) is 3. The van der Waals surface area contributed by atoms with Crippen molar-refractivity contribution in [3.63, 3.8) is 0 Å². The topological polar surface area (TPSA) is 53.6 Å². The predicted molar refractivity (Wildman–Crippen MR) is 93.2 cm³/mol. The number of likely N-dealkylation sites (N-methyl/N-ethyl adjacent to an activating group) is 1. The van der Waals surface area contributed by atoms with Crippen molar-refractivity contribution in [2.45, 2.75) is 56.2 Å². The van der Waals surface area contributed by atoms with E-state index in [1.54, 1.807) is 0 Å². The Bertz CT molecular complexity index is 610. The van der Waals surface area contributed by atoms with Crippen LogP contribution in [0.25, 0.3) is 0 Å². The molecule has 2 fully saturated rings. The normalized spacial score (nSPS) is 24.0. The largest absolute Gasteiger partial charge is 0.487 e. The smallest absolute Gasteiger partial charge is 0.315 e. The number of nitrogens with zero attached hydrogens (tertiary/aromatic N) is 1. The molecule has 1 aromatic rings. The Balaban J connectivity index is 1.35. The molecule has 3 aliphatic rings. The molecule has 5 heteroatoms. The molecule has 4 rings (SSSR count). The highest BCUT2D eigenvalue weighted by Crippen LogP contribution is 2.48. The van der Waals surface area contributed by atoms with E-state index in [1.807, 2.05) is 18.2 Å². The number of carbonyl (C=O) groups excluding carboxylic acids is 1. The van der Waals surface area contributed by atoms with Crippen LogP contribution in [0.5, 0.6) is 5.75 Å². The summed E-state index contributed by atoms with van der Waals surface area (Å²) >= 11 is 0. The number of hydrogen-bond donors (Lipinski definition) is 2. The first-order valence-electron chi connectivity index (χ1n) is 9.18. The third kappa shape index (κ3) is 3.22. The van der Waals surface area contributed by atoms with Crippen molar-refractivity contribution < 1.29 is 9.53 Å². The van der Waals surface area contributed by atoms with Gasteiger partial charge >= 0.3 is 6.03 Å². The number of carbonyl (C=O) groups is 1. The van der Waals surface area contributed by atoms with Crippen LogP contribution in [-0.2, 0) is 0 Å². The summed E-state index contributed by atoms with van der Waals surface area (Å²) in [5, 5.41) is 6.17. The molecule has 0 aromatic heterocycles. The highest BCUT2D eigenvalue weighted by Gasteiger charge is 2.45. The molecule has 0 saturated heterocycles. The maximum Gasteiger partial charge on any atom is 0.315 e. The van der Waals surface area contributed by atoms with Crippen LogP contribution in [0, 0.1) is 0 Å². The van der Waals surface area contributed by atoms with Gasteiger partial charge in [-0.05, 0) is 45.2 Å². The minimum Gasteiger partial charge on any atom is -0.487 e. The summed E-state index contributed by atoms with van der Waals surface area (Å²) in [5.74, 6) is 0.933. The van der Waals surface area contributed by atoms with Gasteiger partial charge in [0.1, 0.15) is 11.4 Å². The molecule has 2 amide bonds. The molecule has 1 heterocycles. The van der Waals surface area contributed by atoms with E-state index in [4.69, 9.17) is 4.74 Å². The Morgan fingerprint density at radius 2 is 2.12 bits per heavy atom. The predicted octanol–water partition coefficient (Wildman–Crippen LogP) is 2.83. The monoisotopic (exact) mass is 329 g/mol. The third-order valence-corrected chi connectivity index (χ3v) is 5.69. The van der Waals surface area contributed by atoms with E-state index >= 15 is 0 Å². The molecule has 0 radical (unpaired) electrons. The second-order valence-corrected chi connectivity index (χ2v) is 7.55. The SMILES string of the molecule is CN(CCNC(=O)NC1CC2(CCC2)Oc2ccccc21)C1CC1. The van der Waals surface area contributed by atoms with Gasteiger partial charge in [-0.2, -0.15) is 0 Å². The van der Waals surface area contributed by atoms with E-state index in [1.165, 1.54) is 19.3 Å². The number of urea groups is 1. The van der Waals surface area contributed by atoms with Gasteiger partial charge in [0.15, 0.2) is 0 Å². The third-order valence-electron chi connectivity index (χ3n) is 5.69. The number of fused-ring (bicyclic) bond motifs is 1. The van der Waals surface area contributed by atoms with Gasteiger partial charge in [0.2, 0.25) is 0 Å². The van der Waals surface area contributed by atoms with Crippen molar-refractivity contribution in [2.75, 3.05) is 20.1 Å². The van der Waals surface area contributed by atoms with Crippen molar-refractivity contribution in [2.24, 2.45) is 0 Å². The van der Waals surface area contributed by atoms with Crippen LogP contribution in [0.3, 0.4) is 0 Å². The maximum absolute atomic E-state index is 12.3. The van der Waals surface area contributed by atoms with Crippen molar-refractivity contribution in [1.29, 1.82) is 0 Å². The second kappa shape index (κ2) is 6.28. The fourth-order valence-electron chi connectivity index (χ4n) is 3.88. The Morgan fingerprint density at radius 3 is 2.83 bits per heavy atom. The number of ether oxygens (including phenoxy) is 1. The summed E-state index contributed by atoms with van der Waals surface area (Å²) in [4.78, 5) is 14.7. The van der Waals surface area contributed by atoms with E-state index in [-0.39, 0.29) is 17.7 Å². The van der Waals surface area contributed by atoms with Crippen LogP contribution in [-0.4, -0.2) is 42.7 Å². The summed E-state index contributed by atoms with van der Waals surface area (Å²) in [6, 6.07) is 8.79. The molecular formula is C19H27N3O2. The zero-order chi connectivity index (χ0) is 16.6. The second-order valence-electron chi connectivity index (χ2n) is 7.55. The Hall–Kier alpha value is -1.75. The zero-order valence-corrected chi connectivity index (χ0v) is 14.4. The molecule has 5 nitrogen and oxygen atoms in total. The number of amides is 2. The van der Waals surface area contributed by atoms with Gasteiger partial charge in [0.05, 0.1) is 6.04 Å². The summed E-state index contributed by atoms with van der Waals surface area (Å²) in [6.45, 7) is 1.60. The van der Waals surface area contributed by atoms with Crippen molar-refractivity contribution >= 4 is 6.03 Å². The number of para-hydroxylation sites is 1. The minimum absolute atomic E-state index is 0.0383. The molecule has 24 heavy (non-hydrogen) atoms. The van der Waals surface area contributed by atoms with Crippen LogP contribution in [0.2, 0.25) is 0 Å². The number of benzene rings is 1. The Morgan fingerprint density at radius 1 is 1.33 bits per heavy atom. The summed E-state index contributed by atoms with van der Waals surface area (Å²) in [7, 11) is 2.13. The first-order chi connectivity index (χ1) is 11.7. The van der Waals surface area contributed by atoms with E-state index in [9.17, 15) is 4.79 Å². The fraction of sp³-hybridized carbons (Fsp3) is 0.632. The Kier molecular flexibility index (Phi) is 4.12. The van der Waals surface area contributed by atoms with Gasteiger partial charge in [-0.3, -0.25) is 0 Å². The first kappa shape index (κ1) is 15.8. The van der Waals surface area contributed by atoms with Gasteiger partial charge < -0.3 is 20.3 Å². The van der Waals surface area contributed by atoms with Gasteiger partial charge in [-0.1, -0.05) is 18.2 Å². The summed E-state index contributed by atoms with van der Waals surface area (Å²) in [5.41, 5.74) is 1.04. The molecule has 0 bridgehead atoms. The number of rotatable bonds is 5. The van der Waals surface area contributed by atoms with Crippen LogP contribution in [0.1, 0.15) is 50.1 Å². The van der Waals surface area contributed by atoms with Crippen LogP contribution >= 0.6 is 0 Å². The van der Waals surface area contributed by atoms with Crippen LogP contribution in [0.15, 0.2) is 24.3 Å². The fourth-order valence-corrected chi connectivity index (χ4v) is 3.88. The average molecular weight is 329 g/mol. The van der Waals surface area contributed by atoms with Crippen molar-refractivity contribution in [3.8, 4) is 5.75 Å². The van der Waals surface area contributed by atoms with E-state index in [2.05, 4.69) is 28.6 Å². The van der Waals surface area contributed by atoms with Crippen molar-refractivity contribution in [3.05, 3.63) is 29.8 Å². The molecule has 1 aromatic carbocycles. The standard InChI is InChI=1S/C19H27N3O2/c1-22(14-7-8-14)12-11-20-18(23)21-16-13-19(9-4-10-19)24-17-6-3-2-5-15(16)17/h2-3,5-6,14,16H,4,7-13H2,1H3,(H2,20,21,23). The molecule has 130 valence electrons. The summed E-state index contributed by atoms with van der Waals surface area (Å²) < 4.78 is 6.23. The highest BCUT2D eigenvalue weighted by atomic mass is 16.5. The lowest BCUT2D eigenvalue weighted by molar-refractivity contribution is -0.0355. The maximum atomic E-state index is 12.3. The lowest BCUT2D eigenvalue weighted by Crippen LogP contribution is -2.51. The summed E-state index contributed by atoms with van der Waals surface area (Å²) in [6.07, 6.45) is 6.86. The first-order valence-corrected chi connectivity index (χ1v) is 9.18. The van der Waals surface area contributed by atoms with Gasteiger partial charge in [0.25, 0.3) is 0 Å². The molecular weight excluding hydrogens is 302 g/mol. The molecule has 2 saturated carbocycles.